The molecule has 162 valence electrons. The van der Waals surface area contributed by atoms with Crippen LogP contribution in [-0.4, -0.2) is 48.1 Å². The second kappa shape index (κ2) is 8.48. The van der Waals surface area contributed by atoms with Gasteiger partial charge in [-0.05, 0) is 25.0 Å². The summed E-state index contributed by atoms with van der Waals surface area (Å²) in [6, 6.07) is 14.1. The number of piperazine rings is 1. The number of aromatic nitrogens is 1. The summed E-state index contributed by atoms with van der Waals surface area (Å²) in [6.45, 7) is 4.86. The lowest BCUT2D eigenvalue weighted by molar-refractivity contribution is 0.0673. The molecule has 3 aromatic rings. The SMILES string of the molecule is CC1CN(c2nc(-c3ccccc3)c3c(c2C#N)CCOC3)CCN1C(=O)c1ccoc1. The summed E-state index contributed by atoms with van der Waals surface area (Å²) in [7, 11) is 0. The highest BCUT2D eigenvalue weighted by molar-refractivity contribution is 5.94. The molecule has 1 atom stereocenters. The maximum atomic E-state index is 12.8. The summed E-state index contributed by atoms with van der Waals surface area (Å²) in [5.74, 6) is 0.668. The standard InChI is InChI=1S/C25H24N4O3/c1-17-14-28(9-10-29(17)25(30)19-7-11-31-15-19)24-21(13-26)20-8-12-32-16-22(20)23(27-24)18-5-3-2-4-6-18/h2-7,11,15,17H,8-10,12,14,16H2,1H3. The van der Waals surface area contributed by atoms with Gasteiger partial charge in [0.1, 0.15) is 18.2 Å². The van der Waals surface area contributed by atoms with Crippen LogP contribution >= 0.6 is 0 Å². The van der Waals surface area contributed by atoms with Gasteiger partial charge >= 0.3 is 0 Å². The first-order valence-corrected chi connectivity index (χ1v) is 10.8. The Kier molecular flexibility index (Phi) is 5.38. The molecule has 2 aromatic heterocycles. The van der Waals surface area contributed by atoms with E-state index in [4.69, 9.17) is 14.1 Å². The third-order valence-corrected chi connectivity index (χ3v) is 6.25. The topological polar surface area (TPSA) is 82.6 Å². The van der Waals surface area contributed by atoms with Crippen molar-refractivity contribution in [2.75, 3.05) is 31.1 Å². The van der Waals surface area contributed by atoms with Crippen molar-refractivity contribution in [3.63, 3.8) is 0 Å². The number of anilines is 1. The molecule has 32 heavy (non-hydrogen) atoms. The van der Waals surface area contributed by atoms with E-state index in [0.29, 0.717) is 56.2 Å². The lowest BCUT2D eigenvalue weighted by atomic mass is 9.93. The summed E-state index contributed by atoms with van der Waals surface area (Å²) in [5.41, 5.74) is 5.11. The highest BCUT2D eigenvalue weighted by Gasteiger charge is 2.32. The Morgan fingerprint density at radius 2 is 2.03 bits per heavy atom. The fraction of sp³-hybridized carbons (Fsp3) is 0.320. The van der Waals surface area contributed by atoms with Gasteiger partial charge < -0.3 is 19.0 Å². The van der Waals surface area contributed by atoms with Gasteiger partial charge in [0, 0.05) is 36.8 Å². The molecule has 2 aliphatic rings. The van der Waals surface area contributed by atoms with Crippen LogP contribution in [0.5, 0.6) is 0 Å². The van der Waals surface area contributed by atoms with E-state index in [1.807, 2.05) is 42.2 Å². The van der Waals surface area contributed by atoms with Crippen LogP contribution in [0, 0.1) is 11.3 Å². The van der Waals surface area contributed by atoms with Crippen molar-refractivity contribution in [2.45, 2.75) is 26.0 Å². The summed E-state index contributed by atoms with van der Waals surface area (Å²) < 4.78 is 10.8. The van der Waals surface area contributed by atoms with Crippen LogP contribution in [0.4, 0.5) is 5.82 Å². The molecule has 0 aliphatic carbocycles. The van der Waals surface area contributed by atoms with E-state index in [9.17, 15) is 10.1 Å². The summed E-state index contributed by atoms with van der Waals surface area (Å²) in [4.78, 5) is 21.8. The van der Waals surface area contributed by atoms with Gasteiger partial charge in [0.05, 0.1) is 36.3 Å². The molecule has 5 rings (SSSR count). The third-order valence-electron chi connectivity index (χ3n) is 6.25. The number of hydrogen-bond donors (Lipinski definition) is 0. The highest BCUT2D eigenvalue weighted by Crippen LogP contribution is 2.35. The summed E-state index contributed by atoms with van der Waals surface area (Å²) >= 11 is 0. The monoisotopic (exact) mass is 428 g/mol. The number of furan rings is 1. The first-order valence-electron chi connectivity index (χ1n) is 10.8. The second-order valence-corrected chi connectivity index (χ2v) is 8.20. The lowest BCUT2D eigenvalue weighted by Gasteiger charge is -2.41. The zero-order valence-electron chi connectivity index (χ0n) is 18.0. The summed E-state index contributed by atoms with van der Waals surface area (Å²) in [6.07, 6.45) is 3.69. The molecule has 4 heterocycles. The Morgan fingerprint density at radius 3 is 2.75 bits per heavy atom. The number of carbonyl (C=O) groups is 1. The van der Waals surface area contributed by atoms with E-state index >= 15 is 0 Å². The minimum atomic E-state index is -0.0352. The van der Waals surface area contributed by atoms with Crippen LogP contribution in [0.3, 0.4) is 0 Å². The normalized spacial score (nSPS) is 18.2. The molecule has 1 unspecified atom stereocenters. The number of carbonyl (C=O) groups excluding carboxylic acids is 1. The van der Waals surface area contributed by atoms with Crippen LogP contribution in [0.25, 0.3) is 11.3 Å². The average molecular weight is 428 g/mol. The van der Waals surface area contributed by atoms with Crippen LogP contribution in [0.15, 0.2) is 53.3 Å². The number of amides is 1. The third kappa shape index (κ3) is 3.53. The fourth-order valence-corrected chi connectivity index (χ4v) is 4.62. The number of fused-ring (bicyclic) bond motifs is 1. The molecule has 1 amide bonds. The van der Waals surface area contributed by atoms with E-state index in [2.05, 4.69) is 11.0 Å². The molecule has 0 saturated carbocycles. The van der Waals surface area contributed by atoms with Crippen molar-refractivity contribution in [2.24, 2.45) is 0 Å². The van der Waals surface area contributed by atoms with E-state index in [1.165, 1.54) is 12.5 Å². The predicted octanol–water partition coefficient (Wildman–Crippen LogP) is 3.64. The number of nitrogens with zero attached hydrogens (tertiary/aromatic N) is 4. The van der Waals surface area contributed by atoms with Crippen molar-refractivity contribution in [3.8, 4) is 17.3 Å². The van der Waals surface area contributed by atoms with Gasteiger partial charge in [-0.25, -0.2) is 4.98 Å². The Labute approximate surface area is 186 Å². The highest BCUT2D eigenvalue weighted by atomic mass is 16.5. The van der Waals surface area contributed by atoms with E-state index in [1.54, 1.807) is 6.07 Å². The number of rotatable bonds is 3. The largest absolute Gasteiger partial charge is 0.472 e. The maximum absolute atomic E-state index is 12.8. The quantitative estimate of drug-likeness (QED) is 0.634. The number of hydrogen-bond acceptors (Lipinski definition) is 6. The Morgan fingerprint density at radius 1 is 1.19 bits per heavy atom. The molecule has 0 radical (unpaired) electrons. The first kappa shape index (κ1) is 20.3. The van der Waals surface area contributed by atoms with Gasteiger partial charge in [0.15, 0.2) is 0 Å². The minimum absolute atomic E-state index is 0.0287. The van der Waals surface area contributed by atoms with Crippen molar-refractivity contribution < 1.29 is 13.9 Å². The van der Waals surface area contributed by atoms with Crippen LogP contribution in [0.1, 0.15) is 34.0 Å². The number of pyridine rings is 1. The molecule has 1 aromatic carbocycles. The van der Waals surface area contributed by atoms with Gasteiger partial charge in [0.2, 0.25) is 0 Å². The molecule has 0 N–H and O–H groups in total. The number of ether oxygens (including phenoxy) is 1. The van der Waals surface area contributed by atoms with Crippen molar-refractivity contribution in [1.82, 2.24) is 9.88 Å². The molecule has 0 bridgehead atoms. The zero-order chi connectivity index (χ0) is 22.1. The minimum Gasteiger partial charge on any atom is -0.472 e. The van der Waals surface area contributed by atoms with E-state index in [-0.39, 0.29) is 11.9 Å². The van der Waals surface area contributed by atoms with Gasteiger partial charge in [0.25, 0.3) is 5.91 Å². The average Bonchev–Trinajstić information content (AvgIpc) is 3.38. The molecule has 7 nitrogen and oxygen atoms in total. The summed E-state index contributed by atoms with van der Waals surface area (Å²) in [5, 5.41) is 10.1. The van der Waals surface area contributed by atoms with Crippen molar-refractivity contribution in [1.29, 1.82) is 5.26 Å². The van der Waals surface area contributed by atoms with Gasteiger partial charge in [-0.2, -0.15) is 5.26 Å². The van der Waals surface area contributed by atoms with Gasteiger partial charge in [-0.1, -0.05) is 30.3 Å². The van der Waals surface area contributed by atoms with Crippen LogP contribution in [-0.2, 0) is 17.8 Å². The molecule has 2 aliphatic heterocycles. The Balaban J connectivity index is 1.51. The number of nitriles is 1. The first-order chi connectivity index (χ1) is 15.7. The van der Waals surface area contributed by atoms with Gasteiger partial charge in [-0.15, -0.1) is 0 Å². The van der Waals surface area contributed by atoms with E-state index < -0.39 is 0 Å². The van der Waals surface area contributed by atoms with Gasteiger partial charge in [-0.3, -0.25) is 4.79 Å². The Bertz CT molecular complexity index is 1170. The number of benzene rings is 1. The lowest BCUT2D eigenvalue weighted by Crippen LogP contribution is -2.54. The molecule has 1 saturated heterocycles. The smallest absolute Gasteiger partial charge is 0.257 e. The van der Waals surface area contributed by atoms with Crippen LogP contribution in [0.2, 0.25) is 0 Å². The zero-order valence-corrected chi connectivity index (χ0v) is 18.0. The fourth-order valence-electron chi connectivity index (χ4n) is 4.62. The molecular weight excluding hydrogens is 404 g/mol. The predicted molar refractivity (Wildman–Crippen MR) is 119 cm³/mol. The van der Waals surface area contributed by atoms with Crippen molar-refractivity contribution >= 4 is 11.7 Å². The maximum Gasteiger partial charge on any atom is 0.257 e. The molecule has 0 spiro atoms. The van der Waals surface area contributed by atoms with Crippen LogP contribution < -0.4 is 4.90 Å². The molecule has 7 heteroatoms. The molecular formula is C25H24N4O3. The van der Waals surface area contributed by atoms with E-state index in [0.717, 1.165) is 22.4 Å². The second-order valence-electron chi connectivity index (χ2n) is 8.20. The van der Waals surface area contributed by atoms with Crippen molar-refractivity contribution in [3.05, 3.63) is 71.2 Å². The Hall–Kier alpha value is -3.63. The molecule has 1 fully saturated rings.